The molecule has 0 aromatic heterocycles. The van der Waals surface area contributed by atoms with E-state index in [-0.39, 0.29) is 11.9 Å². The van der Waals surface area contributed by atoms with E-state index in [1.54, 1.807) is 0 Å². The molecule has 0 bridgehead atoms. The Balaban J connectivity index is 1.75. The van der Waals surface area contributed by atoms with Crippen LogP contribution in [0.25, 0.3) is 0 Å². The third-order valence-corrected chi connectivity index (χ3v) is 4.32. The van der Waals surface area contributed by atoms with Crippen molar-refractivity contribution in [3.8, 4) is 5.75 Å². The first kappa shape index (κ1) is 15.8. The Bertz CT molecular complexity index is 488. The van der Waals surface area contributed by atoms with E-state index in [1.807, 2.05) is 19.1 Å². The topological polar surface area (TPSA) is 50.4 Å². The zero-order valence-electron chi connectivity index (χ0n) is 13.2. The van der Waals surface area contributed by atoms with Gasteiger partial charge in [0.15, 0.2) is 0 Å². The third kappa shape index (κ3) is 4.46. The molecule has 2 rings (SSSR count). The first-order valence-corrected chi connectivity index (χ1v) is 7.77. The summed E-state index contributed by atoms with van der Waals surface area (Å²) in [6, 6.07) is 6.24. The van der Waals surface area contributed by atoms with Crippen molar-refractivity contribution in [1.82, 2.24) is 10.6 Å². The molecule has 4 heteroatoms. The standard InChI is InChI=1S/C17H26N2O2/c1-12-5-4-6-16(14(12)3)21-10-8-17(20)19-15-11-18-9-7-13(15)2/h4-6,13,15,18H,7-11H2,1-3H3,(H,19,20). The van der Waals surface area contributed by atoms with E-state index < -0.39 is 0 Å². The van der Waals surface area contributed by atoms with Gasteiger partial charge in [0.1, 0.15) is 5.75 Å². The number of hydrogen-bond donors (Lipinski definition) is 2. The largest absolute Gasteiger partial charge is 0.493 e. The average Bonchev–Trinajstić information content (AvgIpc) is 2.46. The predicted octanol–water partition coefficient (Wildman–Crippen LogP) is 2.19. The molecule has 1 aromatic carbocycles. The van der Waals surface area contributed by atoms with Crippen LogP contribution in [0.3, 0.4) is 0 Å². The number of carbonyl (C=O) groups is 1. The van der Waals surface area contributed by atoms with Gasteiger partial charge in [0.25, 0.3) is 0 Å². The number of amides is 1. The summed E-state index contributed by atoms with van der Waals surface area (Å²) in [6.07, 6.45) is 1.51. The lowest BCUT2D eigenvalue weighted by molar-refractivity contribution is -0.122. The minimum atomic E-state index is 0.0702. The van der Waals surface area contributed by atoms with Gasteiger partial charge in [0, 0.05) is 12.6 Å². The van der Waals surface area contributed by atoms with Gasteiger partial charge in [-0.05, 0) is 49.9 Å². The second-order valence-electron chi connectivity index (χ2n) is 5.94. The summed E-state index contributed by atoms with van der Waals surface area (Å²) >= 11 is 0. The van der Waals surface area contributed by atoms with Crippen molar-refractivity contribution in [3.63, 3.8) is 0 Å². The fourth-order valence-electron chi connectivity index (χ4n) is 2.60. The van der Waals surface area contributed by atoms with Crippen molar-refractivity contribution in [2.75, 3.05) is 19.7 Å². The molecule has 0 saturated carbocycles. The van der Waals surface area contributed by atoms with E-state index in [2.05, 4.69) is 30.5 Å². The van der Waals surface area contributed by atoms with Crippen LogP contribution in [0.4, 0.5) is 0 Å². The maximum Gasteiger partial charge on any atom is 0.223 e. The van der Waals surface area contributed by atoms with Gasteiger partial charge in [0.05, 0.1) is 13.0 Å². The number of ether oxygens (including phenoxy) is 1. The minimum absolute atomic E-state index is 0.0702. The highest BCUT2D eigenvalue weighted by molar-refractivity contribution is 5.76. The molecule has 1 aliphatic rings. The van der Waals surface area contributed by atoms with Crippen molar-refractivity contribution < 1.29 is 9.53 Å². The van der Waals surface area contributed by atoms with Crippen LogP contribution in [0.5, 0.6) is 5.75 Å². The molecule has 1 saturated heterocycles. The van der Waals surface area contributed by atoms with Gasteiger partial charge in [-0.25, -0.2) is 0 Å². The Morgan fingerprint density at radius 3 is 3.00 bits per heavy atom. The molecule has 2 N–H and O–H groups in total. The summed E-state index contributed by atoms with van der Waals surface area (Å²) in [5.74, 6) is 1.48. The van der Waals surface area contributed by atoms with Crippen LogP contribution in [0, 0.1) is 19.8 Å². The summed E-state index contributed by atoms with van der Waals surface area (Å²) in [5, 5.41) is 6.42. The van der Waals surface area contributed by atoms with Crippen LogP contribution >= 0.6 is 0 Å². The smallest absolute Gasteiger partial charge is 0.223 e. The van der Waals surface area contributed by atoms with Crippen LogP contribution in [0.1, 0.15) is 30.9 Å². The van der Waals surface area contributed by atoms with E-state index in [9.17, 15) is 4.79 Å². The zero-order chi connectivity index (χ0) is 15.2. The zero-order valence-corrected chi connectivity index (χ0v) is 13.2. The molecule has 1 aliphatic heterocycles. The van der Waals surface area contributed by atoms with E-state index in [4.69, 9.17) is 4.74 Å². The maximum atomic E-state index is 12.0. The summed E-state index contributed by atoms with van der Waals surface area (Å²) in [4.78, 5) is 12.0. The fourth-order valence-corrected chi connectivity index (χ4v) is 2.60. The quantitative estimate of drug-likeness (QED) is 0.874. The van der Waals surface area contributed by atoms with Gasteiger partial charge in [-0.2, -0.15) is 0 Å². The number of carbonyl (C=O) groups excluding carboxylic acids is 1. The molecule has 0 aliphatic carbocycles. The van der Waals surface area contributed by atoms with Crippen molar-refractivity contribution in [2.24, 2.45) is 5.92 Å². The van der Waals surface area contributed by atoms with Crippen molar-refractivity contribution in [1.29, 1.82) is 0 Å². The average molecular weight is 290 g/mol. The molecule has 4 nitrogen and oxygen atoms in total. The number of aryl methyl sites for hydroxylation is 1. The predicted molar refractivity (Wildman–Crippen MR) is 84.6 cm³/mol. The lowest BCUT2D eigenvalue weighted by atomic mass is 9.95. The Labute approximate surface area is 127 Å². The molecule has 0 radical (unpaired) electrons. The molecule has 2 atom stereocenters. The van der Waals surface area contributed by atoms with Crippen LogP contribution in [0.2, 0.25) is 0 Å². The van der Waals surface area contributed by atoms with Gasteiger partial charge >= 0.3 is 0 Å². The fraction of sp³-hybridized carbons (Fsp3) is 0.588. The number of nitrogens with one attached hydrogen (secondary N) is 2. The molecular weight excluding hydrogens is 264 g/mol. The Kier molecular flexibility index (Phi) is 5.62. The van der Waals surface area contributed by atoms with Gasteiger partial charge < -0.3 is 15.4 Å². The highest BCUT2D eigenvalue weighted by atomic mass is 16.5. The van der Waals surface area contributed by atoms with Crippen LogP contribution < -0.4 is 15.4 Å². The first-order chi connectivity index (χ1) is 10.1. The first-order valence-electron chi connectivity index (χ1n) is 7.77. The van der Waals surface area contributed by atoms with Gasteiger partial charge in [-0.3, -0.25) is 4.79 Å². The Morgan fingerprint density at radius 1 is 1.43 bits per heavy atom. The van der Waals surface area contributed by atoms with E-state index >= 15 is 0 Å². The van der Waals surface area contributed by atoms with Gasteiger partial charge in [-0.1, -0.05) is 19.1 Å². The van der Waals surface area contributed by atoms with E-state index in [0.717, 1.165) is 30.8 Å². The molecule has 116 valence electrons. The normalized spacial score (nSPS) is 21.9. The number of rotatable bonds is 5. The summed E-state index contributed by atoms with van der Waals surface area (Å²) in [5.41, 5.74) is 2.35. The molecular formula is C17H26N2O2. The summed E-state index contributed by atoms with van der Waals surface area (Å²) < 4.78 is 5.73. The molecule has 0 spiro atoms. The van der Waals surface area contributed by atoms with E-state index in [1.165, 1.54) is 5.56 Å². The molecule has 21 heavy (non-hydrogen) atoms. The second-order valence-corrected chi connectivity index (χ2v) is 5.94. The molecule has 1 heterocycles. The summed E-state index contributed by atoms with van der Waals surface area (Å²) in [7, 11) is 0. The van der Waals surface area contributed by atoms with Crippen molar-refractivity contribution >= 4 is 5.91 Å². The number of benzene rings is 1. The molecule has 1 aromatic rings. The molecule has 2 unspecified atom stereocenters. The monoisotopic (exact) mass is 290 g/mol. The number of hydrogen-bond acceptors (Lipinski definition) is 3. The third-order valence-electron chi connectivity index (χ3n) is 4.32. The number of piperidine rings is 1. The Morgan fingerprint density at radius 2 is 2.24 bits per heavy atom. The maximum absolute atomic E-state index is 12.0. The van der Waals surface area contributed by atoms with Crippen LogP contribution in [0.15, 0.2) is 18.2 Å². The molecule has 1 amide bonds. The van der Waals surface area contributed by atoms with Crippen LogP contribution in [-0.2, 0) is 4.79 Å². The highest BCUT2D eigenvalue weighted by Gasteiger charge is 2.22. The SMILES string of the molecule is Cc1cccc(OCCC(=O)NC2CNCCC2C)c1C. The lowest BCUT2D eigenvalue weighted by Crippen LogP contribution is -2.50. The van der Waals surface area contributed by atoms with Crippen LogP contribution in [-0.4, -0.2) is 31.6 Å². The van der Waals surface area contributed by atoms with Crippen molar-refractivity contribution in [3.05, 3.63) is 29.3 Å². The lowest BCUT2D eigenvalue weighted by Gasteiger charge is -2.30. The van der Waals surface area contributed by atoms with E-state index in [0.29, 0.717) is 18.9 Å². The van der Waals surface area contributed by atoms with Gasteiger partial charge in [-0.15, -0.1) is 0 Å². The van der Waals surface area contributed by atoms with Crippen molar-refractivity contribution in [2.45, 2.75) is 39.7 Å². The minimum Gasteiger partial charge on any atom is -0.493 e. The molecule has 1 fully saturated rings. The van der Waals surface area contributed by atoms with Gasteiger partial charge in [0.2, 0.25) is 5.91 Å². The second kappa shape index (κ2) is 7.46. The Hall–Kier alpha value is -1.55. The summed E-state index contributed by atoms with van der Waals surface area (Å²) in [6.45, 7) is 8.63. The highest BCUT2D eigenvalue weighted by Crippen LogP contribution is 2.20.